The number of nitrogens with zero attached hydrogens (tertiary/aromatic N) is 2. The molecule has 1 aromatic rings. The number of fused-ring (bicyclic) bond motifs is 1. The Balaban J connectivity index is 1.71. The Morgan fingerprint density at radius 1 is 1.28 bits per heavy atom. The van der Waals surface area contributed by atoms with Crippen molar-refractivity contribution in [1.82, 2.24) is 5.32 Å². The van der Waals surface area contributed by atoms with Gasteiger partial charge in [-0.1, -0.05) is 0 Å². The largest absolute Gasteiger partial charge is 0.489 e. The molecular weight excluding hydrogens is 408 g/mol. The molecule has 32 heavy (non-hydrogen) atoms. The molecule has 1 aromatic carbocycles. The Hall–Kier alpha value is -3.03. The summed E-state index contributed by atoms with van der Waals surface area (Å²) in [5.41, 5.74) is 9.45. The van der Waals surface area contributed by atoms with E-state index in [9.17, 15) is 9.59 Å². The number of methoxy groups -OCH3 is 1. The molecule has 2 aliphatic heterocycles. The summed E-state index contributed by atoms with van der Waals surface area (Å²) in [7, 11) is 1.40. The molecule has 8 heteroatoms. The van der Waals surface area contributed by atoms with Gasteiger partial charge in [-0.2, -0.15) is 0 Å². The molecule has 0 aromatic heterocycles. The summed E-state index contributed by atoms with van der Waals surface area (Å²) in [6, 6.07) is 3.87. The fourth-order valence-electron chi connectivity index (χ4n) is 4.48. The number of nitrogens with two attached hydrogens (primary N) is 1. The first kappa shape index (κ1) is 22.2. The molecule has 1 saturated carbocycles. The summed E-state index contributed by atoms with van der Waals surface area (Å²) in [5, 5.41) is 2.83. The lowest BCUT2D eigenvalue weighted by Crippen LogP contribution is -2.42. The molecule has 2 heterocycles. The van der Waals surface area contributed by atoms with E-state index in [0.717, 1.165) is 66.7 Å². The van der Waals surface area contributed by atoms with E-state index in [0.29, 0.717) is 13.0 Å². The number of allylic oxidation sites excluding steroid dienone is 1. The van der Waals surface area contributed by atoms with Crippen molar-refractivity contribution in [3.63, 3.8) is 0 Å². The van der Waals surface area contributed by atoms with Crippen LogP contribution in [0.3, 0.4) is 0 Å². The van der Waals surface area contributed by atoms with Gasteiger partial charge in [-0.05, 0) is 57.6 Å². The van der Waals surface area contributed by atoms with Gasteiger partial charge in [-0.3, -0.25) is 14.7 Å². The van der Waals surface area contributed by atoms with Crippen LogP contribution in [0.5, 0.6) is 5.75 Å². The number of aliphatic imine (C=N–C) groups is 1. The first-order valence-electron chi connectivity index (χ1n) is 11.4. The highest BCUT2D eigenvalue weighted by Crippen LogP contribution is 2.43. The van der Waals surface area contributed by atoms with Gasteiger partial charge in [0.05, 0.1) is 24.9 Å². The molecule has 172 valence electrons. The van der Waals surface area contributed by atoms with Gasteiger partial charge < -0.3 is 20.5 Å². The molecule has 1 aliphatic carbocycles. The molecule has 3 aliphatic rings. The second kappa shape index (κ2) is 9.63. The summed E-state index contributed by atoms with van der Waals surface area (Å²) in [6.45, 7) is 2.66. The van der Waals surface area contributed by atoms with E-state index in [-0.39, 0.29) is 30.2 Å². The topological polar surface area (TPSA) is 106 Å². The molecule has 8 nitrogen and oxygen atoms in total. The predicted molar refractivity (Wildman–Crippen MR) is 124 cm³/mol. The number of hydrogen-bond acceptors (Lipinski definition) is 6. The first-order valence-corrected chi connectivity index (χ1v) is 11.4. The van der Waals surface area contributed by atoms with Crippen LogP contribution >= 0.6 is 0 Å². The summed E-state index contributed by atoms with van der Waals surface area (Å²) >= 11 is 0. The van der Waals surface area contributed by atoms with E-state index in [2.05, 4.69) is 10.3 Å². The zero-order valence-electron chi connectivity index (χ0n) is 18.8. The van der Waals surface area contributed by atoms with Crippen LogP contribution in [0.25, 0.3) is 5.57 Å². The van der Waals surface area contributed by atoms with Gasteiger partial charge >= 0.3 is 6.09 Å². The van der Waals surface area contributed by atoms with Crippen molar-refractivity contribution in [2.45, 2.75) is 70.1 Å². The highest BCUT2D eigenvalue weighted by atomic mass is 16.5. The smallest absolute Gasteiger partial charge is 0.414 e. The van der Waals surface area contributed by atoms with Crippen LogP contribution in [-0.4, -0.2) is 50.1 Å². The maximum Gasteiger partial charge on any atom is 0.414 e. The molecule has 2 atom stereocenters. The molecular formula is C24H32N4O4. The SMILES string of the molecule is COC(=O)N1c2ccc(C(C=NC3CCNC(=O)C3)=CN)c(OC3CCC3)c2CC[C@@H]1C. The highest BCUT2D eigenvalue weighted by Gasteiger charge is 2.33. The van der Waals surface area contributed by atoms with E-state index in [1.54, 1.807) is 11.1 Å². The number of carbonyl (C=O) groups is 2. The molecule has 2 fully saturated rings. The van der Waals surface area contributed by atoms with Crippen LogP contribution in [0.15, 0.2) is 23.3 Å². The third kappa shape index (κ3) is 4.45. The first-order chi connectivity index (χ1) is 15.5. The fraction of sp³-hybridized carbons (Fsp3) is 0.542. The molecule has 2 amide bonds. The zero-order chi connectivity index (χ0) is 22.7. The van der Waals surface area contributed by atoms with E-state index >= 15 is 0 Å². The van der Waals surface area contributed by atoms with Crippen molar-refractivity contribution in [2.24, 2.45) is 10.7 Å². The summed E-state index contributed by atoms with van der Waals surface area (Å²) in [4.78, 5) is 30.5. The fourth-order valence-corrected chi connectivity index (χ4v) is 4.48. The number of anilines is 1. The Morgan fingerprint density at radius 3 is 2.75 bits per heavy atom. The molecule has 4 rings (SSSR count). The number of piperidine rings is 1. The van der Waals surface area contributed by atoms with Crippen molar-refractivity contribution in [3.05, 3.63) is 29.5 Å². The summed E-state index contributed by atoms with van der Waals surface area (Å²) < 4.78 is 11.5. The maximum absolute atomic E-state index is 12.5. The van der Waals surface area contributed by atoms with Crippen molar-refractivity contribution >= 4 is 29.5 Å². The van der Waals surface area contributed by atoms with Crippen LogP contribution in [0.1, 0.15) is 56.6 Å². The summed E-state index contributed by atoms with van der Waals surface area (Å²) in [5.74, 6) is 0.800. The van der Waals surface area contributed by atoms with Gasteiger partial charge in [0.15, 0.2) is 0 Å². The number of ether oxygens (including phenoxy) is 2. The van der Waals surface area contributed by atoms with Crippen molar-refractivity contribution in [3.8, 4) is 5.75 Å². The molecule has 0 radical (unpaired) electrons. The van der Waals surface area contributed by atoms with Crippen LogP contribution in [0, 0.1) is 0 Å². The molecule has 0 spiro atoms. The number of carbonyl (C=O) groups excluding carboxylic acids is 2. The van der Waals surface area contributed by atoms with Gasteiger partial charge in [0.1, 0.15) is 5.75 Å². The monoisotopic (exact) mass is 440 g/mol. The lowest BCUT2D eigenvalue weighted by atomic mass is 9.91. The number of nitrogens with one attached hydrogen (secondary N) is 1. The molecule has 1 unspecified atom stereocenters. The summed E-state index contributed by atoms with van der Waals surface area (Å²) in [6.07, 6.45) is 9.10. The number of hydrogen-bond donors (Lipinski definition) is 2. The van der Waals surface area contributed by atoms with Crippen LogP contribution < -0.4 is 20.7 Å². The lowest BCUT2D eigenvalue weighted by molar-refractivity contribution is -0.122. The second-order valence-electron chi connectivity index (χ2n) is 8.74. The van der Waals surface area contributed by atoms with E-state index < -0.39 is 0 Å². The van der Waals surface area contributed by atoms with E-state index in [1.165, 1.54) is 13.3 Å². The van der Waals surface area contributed by atoms with Crippen molar-refractivity contribution in [2.75, 3.05) is 18.6 Å². The Morgan fingerprint density at radius 2 is 2.09 bits per heavy atom. The van der Waals surface area contributed by atoms with Gasteiger partial charge in [0.2, 0.25) is 5.91 Å². The van der Waals surface area contributed by atoms with Crippen LogP contribution in [0.4, 0.5) is 10.5 Å². The van der Waals surface area contributed by atoms with Crippen molar-refractivity contribution < 1.29 is 19.1 Å². The highest BCUT2D eigenvalue weighted by molar-refractivity contribution is 6.11. The molecule has 1 saturated heterocycles. The standard InChI is InChI=1S/C24H32N4O4/c1-15-6-7-20-21(28(15)24(30)31-2)9-8-19(23(20)32-18-4-3-5-18)16(13-25)14-27-17-10-11-26-22(29)12-17/h8-9,13-15,17-18H,3-7,10-12,25H2,1-2H3,(H,26,29)/t15-,17?/m0/s1. The minimum Gasteiger partial charge on any atom is -0.489 e. The van der Waals surface area contributed by atoms with Crippen LogP contribution in [-0.2, 0) is 16.0 Å². The minimum atomic E-state index is -0.368. The van der Waals surface area contributed by atoms with Gasteiger partial charge in [0.25, 0.3) is 0 Å². The average Bonchev–Trinajstić information content (AvgIpc) is 2.76. The molecule has 0 bridgehead atoms. The van der Waals surface area contributed by atoms with Gasteiger partial charge in [-0.15, -0.1) is 0 Å². The van der Waals surface area contributed by atoms with E-state index in [1.807, 2.05) is 19.1 Å². The van der Waals surface area contributed by atoms with Crippen molar-refractivity contribution in [1.29, 1.82) is 0 Å². The Kier molecular flexibility index (Phi) is 6.67. The minimum absolute atomic E-state index is 0.0245. The third-order valence-electron chi connectivity index (χ3n) is 6.59. The number of rotatable bonds is 5. The Bertz CT molecular complexity index is 938. The Labute approximate surface area is 188 Å². The van der Waals surface area contributed by atoms with Gasteiger partial charge in [0, 0.05) is 48.1 Å². The number of benzene rings is 1. The number of amides is 2. The zero-order valence-corrected chi connectivity index (χ0v) is 18.8. The van der Waals surface area contributed by atoms with Crippen LogP contribution in [0.2, 0.25) is 0 Å². The average molecular weight is 441 g/mol. The second-order valence-corrected chi connectivity index (χ2v) is 8.74. The normalized spacial score (nSPS) is 24.0. The maximum atomic E-state index is 12.5. The quantitative estimate of drug-likeness (QED) is 0.684. The third-order valence-corrected chi connectivity index (χ3v) is 6.59. The lowest BCUT2D eigenvalue weighted by Gasteiger charge is -2.37. The predicted octanol–water partition coefficient (Wildman–Crippen LogP) is 3.17. The molecule has 3 N–H and O–H groups in total. The van der Waals surface area contributed by atoms with E-state index in [4.69, 9.17) is 15.2 Å². The van der Waals surface area contributed by atoms with Gasteiger partial charge in [-0.25, -0.2) is 4.79 Å².